The third kappa shape index (κ3) is 2.01. The molecule has 0 amide bonds. The van der Waals surface area contributed by atoms with Gasteiger partial charge in [0.1, 0.15) is 0 Å². The molecule has 0 radical (unpaired) electrons. The molecular weight excluding hydrogens is 146 g/mol. The van der Waals surface area contributed by atoms with Crippen LogP contribution in [0.1, 0.15) is 51.4 Å². The highest BCUT2D eigenvalue weighted by Gasteiger charge is 2.24. The van der Waals surface area contributed by atoms with E-state index >= 15 is 0 Å². The molecule has 0 aromatic carbocycles. The van der Waals surface area contributed by atoms with E-state index < -0.39 is 0 Å². The highest BCUT2D eigenvalue weighted by molar-refractivity contribution is 4.81. The molecule has 70 valence electrons. The minimum atomic E-state index is 0.888. The summed E-state index contributed by atoms with van der Waals surface area (Å²) >= 11 is 0. The molecule has 2 fully saturated rings. The predicted molar refractivity (Wildman–Crippen MR) is 52.2 cm³/mol. The van der Waals surface area contributed by atoms with E-state index in [4.69, 9.17) is 0 Å². The molecular formula is C11H21N. The van der Waals surface area contributed by atoms with Crippen LogP contribution in [0.5, 0.6) is 0 Å². The van der Waals surface area contributed by atoms with Crippen molar-refractivity contribution in [1.82, 2.24) is 5.32 Å². The second-order valence-electron chi connectivity index (χ2n) is 4.45. The van der Waals surface area contributed by atoms with Crippen LogP contribution in [0.25, 0.3) is 0 Å². The molecule has 0 bridgehead atoms. The zero-order valence-corrected chi connectivity index (χ0v) is 8.02. The molecule has 1 heteroatoms. The lowest BCUT2D eigenvalue weighted by Crippen LogP contribution is -2.40. The van der Waals surface area contributed by atoms with Crippen LogP contribution < -0.4 is 5.32 Å². The van der Waals surface area contributed by atoms with E-state index in [2.05, 4.69) is 5.32 Å². The van der Waals surface area contributed by atoms with Crippen molar-refractivity contribution >= 4 is 0 Å². The van der Waals surface area contributed by atoms with Crippen LogP contribution in [0.4, 0.5) is 0 Å². The highest BCUT2D eigenvalue weighted by Crippen LogP contribution is 2.29. The maximum atomic E-state index is 3.69. The molecule has 1 atom stereocenters. The second-order valence-corrected chi connectivity index (χ2v) is 4.45. The maximum Gasteiger partial charge on any atom is 0.00953 e. The first-order valence-corrected chi connectivity index (χ1v) is 5.70. The fourth-order valence-electron chi connectivity index (χ4n) is 2.82. The topological polar surface area (TPSA) is 12.0 Å². The summed E-state index contributed by atoms with van der Waals surface area (Å²) in [5.41, 5.74) is 0. The number of piperidine rings is 1. The third-order valence-corrected chi connectivity index (χ3v) is 3.57. The normalized spacial score (nSPS) is 33.5. The van der Waals surface area contributed by atoms with Gasteiger partial charge in [-0.05, 0) is 38.1 Å². The summed E-state index contributed by atoms with van der Waals surface area (Å²) in [6.45, 7) is 1.28. The molecule has 12 heavy (non-hydrogen) atoms. The molecule has 1 aliphatic carbocycles. The predicted octanol–water partition coefficient (Wildman–Crippen LogP) is 2.71. The molecule has 1 aliphatic heterocycles. The average Bonchev–Trinajstić information content (AvgIpc) is 2.21. The molecule has 2 rings (SSSR count). The summed E-state index contributed by atoms with van der Waals surface area (Å²) in [6, 6.07) is 0.888. The molecule has 0 spiro atoms. The molecule has 1 nitrogen and oxygen atoms in total. The van der Waals surface area contributed by atoms with Gasteiger partial charge in [-0.1, -0.05) is 25.7 Å². The SMILES string of the molecule is C1CCC([C@@H]2CCCCN2)CC1. The molecule has 0 aromatic rings. The van der Waals surface area contributed by atoms with E-state index in [0.717, 1.165) is 12.0 Å². The molecule has 1 saturated carbocycles. The van der Waals surface area contributed by atoms with Crippen molar-refractivity contribution < 1.29 is 0 Å². The summed E-state index contributed by atoms with van der Waals surface area (Å²) < 4.78 is 0. The fourth-order valence-corrected chi connectivity index (χ4v) is 2.82. The van der Waals surface area contributed by atoms with Gasteiger partial charge in [0.15, 0.2) is 0 Å². The molecule has 1 heterocycles. The van der Waals surface area contributed by atoms with Gasteiger partial charge in [0.05, 0.1) is 0 Å². The van der Waals surface area contributed by atoms with Gasteiger partial charge < -0.3 is 5.32 Å². The fraction of sp³-hybridized carbons (Fsp3) is 1.00. The van der Waals surface area contributed by atoms with Crippen molar-refractivity contribution in [2.24, 2.45) is 5.92 Å². The van der Waals surface area contributed by atoms with Crippen LogP contribution in [-0.2, 0) is 0 Å². The van der Waals surface area contributed by atoms with Crippen LogP contribution in [-0.4, -0.2) is 12.6 Å². The van der Waals surface area contributed by atoms with Gasteiger partial charge in [-0.15, -0.1) is 0 Å². The van der Waals surface area contributed by atoms with E-state index in [-0.39, 0.29) is 0 Å². The minimum Gasteiger partial charge on any atom is -0.314 e. The number of hydrogen-bond donors (Lipinski definition) is 1. The van der Waals surface area contributed by atoms with Crippen LogP contribution in [0, 0.1) is 5.92 Å². The van der Waals surface area contributed by atoms with Gasteiger partial charge >= 0.3 is 0 Å². The van der Waals surface area contributed by atoms with Gasteiger partial charge in [-0.3, -0.25) is 0 Å². The Hall–Kier alpha value is -0.0400. The van der Waals surface area contributed by atoms with E-state index in [1.165, 1.54) is 57.9 Å². The van der Waals surface area contributed by atoms with Crippen molar-refractivity contribution in [3.63, 3.8) is 0 Å². The lowest BCUT2D eigenvalue weighted by Gasteiger charge is -2.33. The van der Waals surface area contributed by atoms with Crippen molar-refractivity contribution in [1.29, 1.82) is 0 Å². The Bertz CT molecular complexity index is 105. The maximum absolute atomic E-state index is 3.69. The molecule has 1 saturated heterocycles. The molecule has 2 aliphatic rings. The largest absolute Gasteiger partial charge is 0.314 e. The quantitative estimate of drug-likeness (QED) is 0.633. The number of rotatable bonds is 1. The van der Waals surface area contributed by atoms with Crippen molar-refractivity contribution in [2.75, 3.05) is 6.54 Å². The zero-order chi connectivity index (χ0) is 8.23. The van der Waals surface area contributed by atoms with E-state index in [9.17, 15) is 0 Å². The Kier molecular flexibility index (Phi) is 3.04. The Morgan fingerprint density at radius 1 is 0.750 bits per heavy atom. The third-order valence-electron chi connectivity index (χ3n) is 3.57. The van der Waals surface area contributed by atoms with Crippen LogP contribution in [0.3, 0.4) is 0 Å². The monoisotopic (exact) mass is 167 g/mol. The highest BCUT2D eigenvalue weighted by atomic mass is 14.9. The van der Waals surface area contributed by atoms with Gasteiger partial charge in [-0.25, -0.2) is 0 Å². The number of nitrogens with one attached hydrogen (secondary N) is 1. The first-order valence-electron chi connectivity index (χ1n) is 5.70. The van der Waals surface area contributed by atoms with Gasteiger partial charge in [0.2, 0.25) is 0 Å². The van der Waals surface area contributed by atoms with Crippen LogP contribution in [0.15, 0.2) is 0 Å². The summed E-state index contributed by atoms with van der Waals surface area (Å²) in [6.07, 6.45) is 11.8. The Labute approximate surface area is 75.9 Å². The number of hydrogen-bond acceptors (Lipinski definition) is 1. The molecule has 0 unspecified atom stereocenters. The Morgan fingerprint density at radius 2 is 1.50 bits per heavy atom. The standard InChI is InChI=1S/C11H21N/c1-2-6-10(7-3-1)11-8-4-5-9-12-11/h10-12H,1-9H2/t11-/m0/s1. The summed E-state index contributed by atoms with van der Waals surface area (Å²) in [4.78, 5) is 0. The Balaban J connectivity index is 1.80. The van der Waals surface area contributed by atoms with Crippen molar-refractivity contribution in [3.05, 3.63) is 0 Å². The van der Waals surface area contributed by atoms with Crippen LogP contribution in [0.2, 0.25) is 0 Å². The van der Waals surface area contributed by atoms with E-state index in [1.807, 2.05) is 0 Å². The summed E-state index contributed by atoms with van der Waals surface area (Å²) in [5, 5.41) is 3.69. The zero-order valence-electron chi connectivity index (χ0n) is 8.02. The Morgan fingerprint density at radius 3 is 2.17 bits per heavy atom. The minimum absolute atomic E-state index is 0.888. The smallest absolute Gasteiger partial charge is 0.00953 e. The van der Waals surface area contributed by atoms with E-state index in [1.54, 1.807) is 0 Å². The molecule has 0 aromatic heterocycles. The van der Waals surface area contributed by atoms with Gasteiger partial charge in [0.25, 0.3) is 0 Å². The van der Waals surface area contributed by atoms with Crippen molar-refractivity contribution in [3.8, 4) is 0 Å². The molecule has 1 N–H and O–H groups in total. The van der Waals surface area contributed by atoms with Crippen molar-refractivity contribution in [2.45, 2.75) is 57.4 Å². The van der Waals surface area contributed by atoms with Gasteiger partial charge in [-0.2, -0.15) is 0 Å². The first-order chi connectivity index (χ1) is 5.97. The average molecular weight is 167 g/mol. The first kappa shape index (κ1) is 8.55. The van der Waals surface area contributed by atoms with Crippen LogP contribution >= 0.6 is 0 Å². The van der Waals surface area contributed by atoms with Gasteiger partial charge in [0, 0.05) is 6.04 Å². The summed E-state index contributed by atoms with van der Waals surface area (Å²) in [5.74, 6) is 1.03. The summed E-state index contributed by atoms with van der Waals surface area (Å²) in [7, 11) is 0. The van der Waals surface area contributed by atoms with E-state index in [0.29, 0.717) is 0 Å². The second kappa shape index (κ2) is 4.27. The lowest BCUT2D eigenvalue weighted by atomic mass is 9.81. The lowest BCUT2D eigenvalue weighted by molar-refractivity contribution is 0.235.